The maximum absolute atomic E-state index is 12.3. The molecule has 114 valence electrons. The predicted octanol–water partition coefficient (Wildman–Crippen LogP) is 2.47. The van der Waals surface area contributed by atoms with Crippen LogP contribution in [0.1, 0.15) is 55.6 Å². The van der Waals surface area contributed by atoms with Crippen molar-refractivity contribution in [3.63, 3.8) is 0 Å². The average Bonchev–Trinajstić information content (AvgIpc) is 2.81. The van der Waals surface area contributed by atoms with Crippen LogP contribution in [0.25, 0.3) is 0 Å². The molecule has 21 heavy (non-hydrogen) atoms. The lowest BCUT2D eigenvalue weighted by Gasteiger charge is -2.30. The predicted molar refractivity (Wildman–Crippen MR) is 82.3 cm³/mol. The first-order chi connectivity index (χ1) is 10.2. The fraction of sp³-hybridized carbons (Fsp3) is 0.688. The summed E-state index contributed by atoms with van der Waals surface area (Å²) in [4.78, 5) is 25.5. The summed E-state index contributed by atoms with van der Waals surface area (Å²) in [6.45, 7) is 7.93. The minimum atomic E-state index is 0.0945. The van der Waals surface area contributed by atoms with E-state index in [0.29, 0.717) is 18.0 Å². The second kappa shape index (κ2) is 6.00. The number of aromatic nitrogens is 2. The highest BCUT2D eigenvalue weighted by atomic mass is 16.2. The molecule has 3 rings (SSSR count). The molecule has 1 saturated heterocycles. The molecule has 5 nitrogen and oxygen atoms in total. The van der Waals surface area contributed by atoms with Crippen LogP contribution in [0.2, 0.25) is 0 Å². The highest BCUT2D eigenvalue weighted by Crippen LogP contribution is 2.25. The van der Waals surface area contributed by atoms with Gasteiger partial charge in [0, 0.05) is 25.8 Å². The highest BCUT2D eigenvalue weighted by Gasteiger charge is 2.30. The molecule has 5 heteroatoms. The maximum Gasteiger partial charge on any atom is 0.257 e. The van der Waals surface area contributed by atoms with Crippen molar-refractivity contribution in [1.29, 1.82) is 0 Å². The third-order valence-corrected chi connectivity index (χ3v) is 4.43. The van der Waals surface area contributed by atoms with Gasteiger partial charge < -0.3 is 9.80 Å². The molecule has 0 bridgehead atoms. The smallest absolute Gasteiger partial charge is 0.257 e. The van der Waals surface area contributed by atoms with Crippen LogP contribution in [0.4, 0.5) is 5.95 Å². The van der Waals surface area contributed by atoms with Crippen molar-refractivity contribution in [3.8, 4) is 0 Å². The van der Waals surface area contributed by atoms with Crippen LogP contribution in [0.3, 0.4) is 0 Å². The molecule has 0 aliphatic carbocycles. The summed E-state index contributed by atoms with van der Waals surface area (Å²) in [6.07, 6.45) is 6.35. The van der Waals surface area contributed by atoms with E-state index in [2.05, 4.69) is 28.7 Å². The molecule has 1 atom stereocenters. The third kappa shape index (κ3) is 2.87. The SMILES string of the molecule is CCCCN1Cc2nc(N3CCCC(C)C3)ncc2C1=O. The average molecular weight is 288 g/mol. The van der Waals surface area contributed by atoms with E-state index in [1.807, 2.05) is 4.90 Å². The number of anilines is 1. The van der Waals surface area contributed by atoms with Gasteiger partial charge in [0.15, 0.2) is 0 Å². The number of piperidine rings is 1. The summed E-state index contributed by atoms with van der Waals surface area (Å²) in [7, 11) is 0. The Hall–Kier alpha value is -1.65. The van der Waals surface area contributed by atoms with Gasteiger partial charge in [-0.1, -0.05) is 20.3 Å². The van der Waals surface area contributed by atoms with Crippen molar-refractivity contribution in [2.45, 2.75) is 46.1 Å². The Balaban J connectivity index is 1.76. The van der Waals surface area contributed by atoms with E-state index in [1.54, 1.807) is 6.20 Å². The molecule has 1 unspecified atom stereocenters. The number of hydrogen-bond donors (Lipinski definition) is 0. The van der Waals surface area contributed by atoms with Crippen molar-refractivity contribution >= 4 is 11.9 Å². The van der Waals surface area contributed by atoms with Crippen molar-refractivity contribution in [3.05, 3.63) is 17.5 Å². The standard InChI is InChI=1S/C16H24N4O/c1-3-4-7-19-11-14-13(15(19)21)9-17-16(18-14)20-8-5-6-12(2)10-20/h9,12H,3-8,10-11H2,1-2H3. The molecule has 0 saturated carbocycles. The largest absolute Gasteiger partial charge is 0.341 e. The lowest BCUT2D eigenvalue weighted by molar-refractivity contribution is 0.0776. The molecule has 0 spiro atoms. The van der Waals surface area contributed by atoms with Crippen molar-refractivity contribution < 1.29 is 4.79 Å². The Morgan fingerprint density at radius 2 is 2.29 bits per heavy atom. The lowest BCUT2D eigenvalue weighted by atomic mass is 10.0. The van der Waals surface area contributed by atoms with Gasteiger partial charge >= 0.3 is 0 Å². The zero-order chi connectivity index (χ0) is 14.8. The van der Waals surface area contributed by atoms with Gasteiger partial charge in [-0.05, 0) is 25.2 Å². The number of nitrogens with zero attached hydrogens (tertiary/aromatic N) is 4. The molecule has 2 aliphatic heterocycles. The molecular weight excluding hydrogens is 264 g/mol. The van der Waals surface area contributed by atoms with Crippen LogP contribution in [0.15, 0.2) is 6.20 Å². The van der Waals surface area contributed by atoms with Gasteiger partial charge in [-0.3, -0.25) is 4.79 Å². The highest BCUT2D eigenvalue weighted by molar-refractivity contribution is 5.97. The number of rotatable bonds is 4. The lowest BCUT2D eigenvalue weighted by Crippen LogP contribution is -2.35. The van der Waals surface area contributed by atoms with E-state index in [1.165, 1.54) is 12.8 Å². The number of unbranched alkanes of at least 4 members (excludes halogenated alkanes) is 1. The van der Waals surface area contributed by atoms with E-state index in [-0.39, 0.29) is 5.91 Å². The Morgan fingerprint density at radius 3 is 3.05 bits per heavy atom. The van der Waals surface area contributed by atoms with Gasteiger partial charge in [0.25, 0.3) is 5.91 Å². The van der Waals surface area contributed by atoms with E-state index in [9.17, 15) is 4.79 Å². The Labute approximate surface area is 126 Å². The number of hydrogen-bond acceptors (Lipinski definition) is 4. The molecule has 0 radical (unpaired) electrons. The fourth-order valence-corrected chi connectivity index (χ4v) is 3.18. The summed E-state index contributed by atoms with van der Waals surface area (Å²) in [5.74, 6) is 1.58. The fourth-order valence-electron chi connectivity index (χ4n) is 3.18. The Morgan fingerprint density at radius 1 is 1.43 bits per heavy atom. The normalized spacial score (nSPS) is 21.8. The number of carbonyl (C=O) groups excluding carboxylic acids is 1. The van der Waals surface area contributed by atoms with Gasteiger partial charge in [0.2, 0.25) is 5.95 Å². The van der Waals surface area contributed by atoms with Crippen LogP contribution in [-0.2, 0) is 6.54 Å². The topological polar surface area (TPSA) is 49.3 Å². The van der Waals surface area contributed by atoms with Gasteiger partial charge in [-0.15, -0.1) is 0 Å². The Kier molecular flexibility index (Phi) is 4.08. The molecule has 2 aliphatic rings. The second-order valence-corrected chi connectivity index (χ2v) is 6.30. The molecule has 0 aromatic carbocycles. The monoisotopic (exact) mass is 288 g/mol. The number of carbonyl (C=O) groups is 1. The number of fused-ring (bicyclic) bond motifs is 1. The molecule has 1 fully saturated rings. The quantitative estimate of drug-likeness (QED) is 0.854. The first kappa shape index (κ1) is 14.3. The molecule has 1 aromatic rings. The van der Waals surface area contributed by atoms with Crippen LogP contribution >= 0.6 is 0 Å². The summed E-state index contributed by atoms with van der Waals surface area (Å²) >= 11 is 0. The zero-order valence-corrected chi connectivity index (χ0v) is 13.0. The van der Waals surface area contributed by atoms with Crippen molar-refractivity contribution in [2.75, 3.05) is 24.5 Å². The first-order valence-corrected chi connectivity index (χ1v) is 8.09. The van der Waals surface area contributed by atoms with Gasteiger partial charge in [-0.25, -0.2) is 9.97 Å². The van der Waals surface area contributed by atoms with Gasteiger partial charge in [0.1, 0.15) is 0 Å². The van der Waals surface area contributed by atoms with Crippen LogP contribution < -0.4 is 4.90 Å². The third-order valence-electron chi connectivity index (χ3n) is 4.43. The van der Waals surface area contributed by atoms with Crippen molar-refractivity contribution in [2.24, 2.45) is 5.92 Å². The zero-order valence-electron chi connectivity index (χ0n) is 13.0. The number of amides is 1. The summed E-state index contributed by atoms with van der Waals surface area (Å²) in [6, 6.07) is 0. The molecule has 1 aromatic heterocycles. The van der Waals surface area contributed by atoms with Crippen LogP contribution in [-0.4, -0.2) is 40.4 Å². The van der Waals surface area contributed by atoms with Gasteiger partial charge in [-0.2, -0.15) is 0 Å². The maximum atomic E-state index is 12.3. The van der Waals surface area contributed by atoms with E-state index < -0.39 is 0 Å². The summed E-state index contributed by atoms with van der Waals surface area (Å²) < 4.78 is 0. The molecular formula is C16H24N4O. The molecule has 0 N–H and O–H groups in total. The summed E-state index contributed by atoms with van der Waals surface area (Å²) in [5.41, 5.74) is 1.60. The van der Waals surface area contributed by atoms with Crippen LogP contribution in [0, 0.1) is 5.92 Å². The minimum absolute atomic E-state index is 0.0945. The van der Waals surface area contributed by atoms with E-state index in [4.69, 9.17) is 0 Å². The summed E-state index contributed by atoms with van der Waals surface area (Å²) in [5, 5.41) is 0. The Bertz CT molecular complexity index is 531. The minimum Gasteiger partial charge on any atom is -0.341 e. The van der Waals surface area contributed by atoms with E-state index >= 15 is 0 Å². The van der Waals surface area contributed by atoms with Crippen LogP contribution in [0.5, 0.6) is 0 Å². The van der Waals surface area contributed by atoms with E-state index in [0.717, 1.165) is 44.1 Å². The van der Waals surface area contributed by atoms with Crippen molar-refractivity contribution in [1.82, 2.24) is 14.9 Å². The second-order valence-electron chi connectivity index (χ2n) is 6.30. The first-order valence-electron chi connectivity index (χ1n) is 8.09. The molecule has 1 amide bonds. The molecule has 3 heterocycles. The van der Waals surface area contributed by atoms with Gasteiger partial charge in [0.05, 0.1) is 17.8 Å².